The fourth-order valence-electron chi connectivity index (χ4n) is 2.94. The molecule has 1 aliphatic rings. The average Bonchev–Trinajstić information content (AvgIpc) is 3.02. The van der Waals surface area contributed by atoms with Crippen molar-refractivity contribution in [3.8, 4) is 5.75 Å². The molecule has 138 valence electrons. The molecule has 1 aromatic heterocycles. The maximum absolute atomic E-state index is 12.3. The Labute approximate surface area is 156 Å². The van der Waals surface area contributed by atoms with Gasteiger partial charge in [-0.3, -0.25) is 9.59 Å². The minimum atomic E-state index is -0.388. The van der Waals surface area contributed by atoms with Crippen molar-refractivity contribution in [1.82, 2.24) is 15.5 Å². The molecule has 1 saturated carbocycles. The summed E-state index contributed by atoms with van der Waals surface area (Å²) in [7, 11) is 1.58. The summed E-state index contributed by atoms with van der Waals surface area (Å²) >= 11 is 0.999. The molecule has 0 saturated heterocycles. The first-order valence-corrected chi connectivity index (χ1v) is 9.57. The van der Waals surface area contributed by atoms with Crippen LogP contribution in [0.2, 0.25) is 0 Å². The lowest BCUT2D eigenvalue weighted by Crippen LogP contribution is -2.34. The fourth-order valence-corrected chi connectivity index (χ4v) is 3.58. The van der Waals surface area contributed by atoms with E-state index in [9.17, 15) is 9.59 Å². The van der Waals surface area contributed by atoms with Crippen molar-refractivity contribution in [3.63, 3.8) is 0 Å². The number of benzene rings is 1. The van der Waals surface area contributed by atoms with E-state index in [0.717, 1.165) is 37.0 Å². The molecule has 2 N–H and O–H groups in total. The summed E-state index contributed by atoms with van der Waals surface area (Å²) < 4.78 is 5.08. The van der Waals surface area contributed by atoms with Crippen LogP contribution in [0.4, 0.5) is 5.69 Å². The predicted molar refractivity (Wildman–Crippen MR) is 99.8 cm³/mol. The van der Waals surface area contributed by atoms with Crippen molar-refractivity contribution in [2.24, 2.45) is 0 Å². The topological polar surface area (TPSA) is 93.2 Å². The van der Waals surface area contributed by atoms with Crippen LogP contribution in [0.3, 0.4) is 0 Å². The largest absolute Gasteiger partial charge is 0.497 e. The van der Waals surface area contributed by atoms with Crippen molar-refractivity contribution in [3.05, 3.63) is 34.3 Å². The van der Waals surface area contributed by atoms with Crippen LogP contribution in [0.5, 0.6) is 5.75 Å². The van der Waals surface area contributed by atoms with Gasteiger partial charge >= 0.3 is 0 Å². The normalized spacial score (nSPS) is 15.1. The molecule has 2 amide bonds. The monoisotopic (exact) mass is 374 g/mol. The molecule has 0 bridgehead atoms. The Bertz CT molecular complexity index is 752. The van der Waals surface area contributed by atoms with Crippen LogP contribution in [-0.4, -0.2) is 35.2 Å². The molecule has 0 spiro atoms. The molecule has 2 aromatic rings. The zero-order valence-electron chi connectivity index (χ0n) is 14.7. The van der Waals surface area contributed by atoms with Gasteiger partial charge in [0.05, 0.1) is 7.11 Å². The summed E-state index contributed by atoms with van der Waals surface area (Å²) in [6.45, 7) is 0. The molecule has 0 radical (unpaired) electrons. The average molecular weight is 374 g/mol. The second kappa shape index (κ2) is 8.75. The Hall–Kier alpha value is -2.48. The van der Waals surface area contributed by atoms with Gasteiger partial charge in [-0.15, -0.1) is 10.2 Å². The van der Waals surface area contributed by atoms with Gasteiger partial charge in [-0.25, -0.2) is 0 Å². The number of nitrogens with zero attached hydrogens (tertiary/aromatic N) is 2. The summed E-state index contributed by atoms with van der Waals surface area (Å²) in [5.41, 5.74) is 0.621. The van der Waals surface area contributed by atoms with Gasteiger partial charge in [0, 0.05) is 11.7 Å². The Morgan fingerprint density at radius 1 is 1.00 bits per heavy atom. The van der Waals surface area contributed by atoms with Crippen molar-refractivity contribution in [1.29, 1.82) is 0 Å². The van der Waals surface area contributed by atoms with E-state index in [1.165, 1.54) is 12.8 Å². The third kappa shape index (κ3) is 4.78. The molecule has 1 aliphatic carbocycles. The van der Waals surface area contributed by atoms with Gasteiger partial charge in [0.15, 0.2) is 0 Å². The number of anilines is 1. The molecule has 7 nitrogen and oxygen atoms in total. The molecular weight excluding hydrogens is 352 g/mol. The molecule has 0 atom stereocenters. The van der Waals surface area contributed by atoms with Crippen molar-refractivity contribution < 1.29 is 14.3 Å². The van der Waals surface area contributed by atoms with Crippen molar-refractivity contribution in [2.75, 3.05) is 12.4 Å². The minimum absolute atomic E-state index is 0.159. The maximum atomic E-state index is 12.3. The molecule has 1 aromatic carbocycles. The smallest absolute Gasteiger partial charge is 0.286 e. The number of ether oxygens (including phenoxy) is 1. The molecule has 8 heteroatoms. The Morgan fingerprint density at radius 2 is 1.62 bits per heavy atom. The van der Waals surface area contributed by atoms with Crippen molar-refractivity contribution in [2.45, 2.75) is 44.6 Å². The number of amides is 2. The highest BCUT2D eigenvalue weighted by Crippen LogP contribution is 2.19. The Balaban J connectivity index is 1.58. The fraction of sp³-hybridized carbons (Fsp3) is 0.444. The van der Waals surface area contributed by atoms with Crippen LogP contribution in [0.15, 0.2) is 24.3 Å². The van der Waals surface area contributed by atoms with Crippen molar-refractivity contribution >= 4 is 28.8 Å². The number of aromatic nitrogens is 2. The van der Waals surface area contributed by atoms with Gasteiger partial charge in [-0.1, -0.05) is 37.0 Å². The van der Waals surface area contributed by atoms with Gasteiger partial charge in [0.25, 0.3) is 11.8 Å². The molecule has 3 rings (SSSR count). The van der Waals surface area contributed by atoms with Gasteiger partial charge < -0.3 is 15.4 Å². The lowest BCUT2D eigenvalue weighted by atomic mass is 10.1. The molecule has 1 fully saturated rings. The Kier molecular flexibility index (Phi) is 6.17. The quantitative estimate of drug-likeness (QED) is 0.784. The van der Waals surface area contributed by atoms with E-state index in [1.807, 2.05) is 0 Å². The zero-order valence-corrected chi connectivity index (χ0v) is 15.5. The van der Waals surface area contributed by atoms with Gasteiger partial charge in [-0.05, 0) is 37.1 Å². The van der Waals surface area contributed by atoms with E-state index >= 15 is 0 Å². The lowest BCUT2D eigenvalue weighted by molar-refractivity contribution is 0.0931. The summed E-state index contributed by atoms with van der Waals surface area (Å²) in [6.07, 6.45) is 6.71. The molecular formula is C18H22N4O3S. The van der Waals surface area contributed by atoms with E-state index in [2.05, 4.69) is 20.8 Å². The molecule has 0 unspecified atom stereocenters. The van der Waals surface area contributed by atoms with Gasteiger partial charge in [0.2, 0.25) is 10.0 Å². The number of methoxy groups -OCH3 is 1. The predicted octanol–water partition coefficient (Wildman–Crippen LogP) is 3.25. The first-order valence-electron chi connectivity index (χ1n) is 8.75. The summed E-state index contributed by atoms with van der Waals surface area (Å²) in [6, 6.07) is 7.16. The van der Waals surface area contributed by atoms with Crippen LogP contribution in [0.1, 0.15) is 58.1 Å². The van der Waals surface area contributed by atoms with Gasteiger partial charge in [0.1, 0.15) is 5.75 Å². The number of carbonyl (C=O) groups excluding carboxylic acids is 2. The SMILES string of the molecule is COc1ccc(NC(=O)c2nnc(C(=O)NC3CCCCCC3)s2)cc1. The van der Waals surface area contributed by atoms with Crippen LogP contribution in [0, 0.1) is 0 Å². The zero-order chi connectivity index (χ0) is 18.4. The molecule has 26 heavy (non-hydrogen) atoms. The summed E-state index contributed by atoms with van der Waals surface area (Å²) in [5, 5.41) is 13.8. The Morgan fingerprint density at radius 3 is 2.23 bits per heavy atom. The highest BCUT2D eigenvalue weighted by molar-refractivity contribution is 7.15. The second-order valence-electron chi connectivity index (χ2n) is 6.26. The highest BCUT2D eigenvalue weighted by atomic mass is 32.1. The van der Waals surface area contributed by atoms with E-state index in [0.29, 0.717) is 11.4 Å². The number of carbonyl (C=O) groups is 2. The third-order valence-electron chi connectivity index (χ3n) is 4.35. The summed E-state index contributed by atoms with van der Waals surface area (Å²) in [4.78, 5) is 24.6. The first kappa shape index (κ1) is 18.3. The second-order valence-corrected chi connectivity index (χ2v) is 7.23. The van der Waals surface area contributed by atoms with Crippen LogP contribution < -0.4 is 15.4 Å². The maximum Gasteiger partial charge on any atom is 0.286 e. The first-order chi connectivity index (χ1) is 12.7. The standard InChI is InChI=1S/C18H22N4O3S/c1-25-14-10-8-13(9-11-14)20-16(24)18-22-21-17(26-18)15(23)19-12-6-4-2-3-5-7-12/h8-12H,2-7H2,1H3,(H,19,23)(H,20,24). The van der Waals surface area contributed by atoms with E-state index in [-0.39, 0.29) is 27.9 Å². The minimum Gasteiger partial charge on any atom is -0.497 e. The number of hydrogen-bond acceptors (Lipinski definition) is 6. The summed E-state index contributed by atoms with van der Waals surface area (Å²) in [5.74, 6) is 0.0652. The van der Waals surface area contributed by atoms with Gasteiger partial charge in [-0.2, -0.15) is 0 Å². The number of hydrogen-bond donors (Lipinski definition) is 2. The molecule has 1 heterocycles. The number of rotatable bonds is 5. The van der Waals surface area contributed by atoms with Crippen LogP contribution >= 0.6 is 11.3 Å². The van der Waals surface area contributed by atoms with Crippen LogP contribution in [-0.2, 0) is 0 Å². The third-order valence-corrected chi connectivity index (χ3v) is 5.27. The van der Waals surface area contributed by atoms with E-state index in [1.54, 1.807) is 31.4 Å². The van der Waals surface area contributed by atoms with E-state index in [4.69, 9.17) is 4.74 Å². The lowest BCUT2D eigenvalue weighted by Gasteiger charge is -2.14. The van der Waals surface area contributed by atoms with Crippen LogP contribution in [0.25, 0.3) is 0 Å². The van der Waals surface area contributed by atoms with E-state index < -0.39 is 0 Å². The number of nitrogens with one attached hydrogen (secondary N) is 2. The molecule has 0 aliphatic heterocycles. The highest BCUT2D eigenvalue weighted by Gasteiger charge is 2.21.